The van der Waals surface area contributed by atoms with Gasteiger partial charge in [0.25, 0.3) is 5.91 Å². The molecule has 8 nitrogen and oxygen atoms in total. The molecule has 0 bridgehead atoms. The lowest BCUT2D eigenvalue weighted by Crippen LogP contribution is -2.46. The van der Waals surface area contributed by atoms with Gasteiger partial charge in [0, 0.05) is 16.8 Å². The Kier molecular flexibility index (Phi) is 8.05. The average molecular weight is 513 g/mol. The Hall–Kier alpha value is -3.65. The van der Waals surface area contributed by atoms with E-state index in [1.165, 1.54) is 32.5 Å². The summed E-state index contributed by atoms with van der Waals surface area (Å²) in [5, 5.41) is 3.56. The van der Waals surface area contributed by atoms with Gasteiger partial charge in [-0.25, -0.2) is 0 Å². The van der Waals surface area contributed by atoms with Crippen molar-refractivity contribution in [2.45, 2.75) is 37.8 Å². The maximum atomic E-state index is 13.9. The fourth-order valence-electron chi connectivity index (χ4n) is 4.56. The zero-order valence-corrected chi connectivity index (χ0v) is 21.2. The van der Waals surface area contributed by atoms with Crippen LogP contribution in [-0.2, 0) is 4.79 Å². The Labute approximate surface area is 215 Å². The number of hydrogen-bond acceptors (Lipinski definition) is 6. The number of carbonyl (C=O) groups excluding carboxylic acids is 2. The van der Waals surface area contributed by atoms with Crippen LogP contribution in [0.25, 0.3) is 0 Å². The van der Waals surface area contributed by atoms with Gasteiger partial charge in [0.05, 0.1) is 27.6 Å². The molecule has 0 unspecified atom stereocenters. The first kappa shape index (κ1) is 25.4. The third-order valence-corrected chi connectivity index (χ3v) is 6.48. The van der Waals surface area contributed by atoms with Crippen LogP contribution in [0, 0.1) is 0 Å². The second-order valence-corrected chi connectivity index (χ2v) is 8.92. The fourth-order valence-corrected chi connectivity index (χ4v) is 4.74. The Balaban J connectivity index is 1.90. The zero-order chi connectivity index (χ0) is 25.7. The number of nitrogens with one attached hydrogen (secondary N) is 1. The van der Waals surface area contributed by atoms with Gasteiger partial charge in [0.15, 0.2) is 17.3 Å². The minimum absolute atomic E-state index is 0.0296. The lowest BCUT2D eigenvalue weighted by molar-refractivity contribution is -0.123. The van der Waals surface area contributed by atoms with Crippen LogP contribution in [-0.4, -0.2) is 39.2 Å². The molecular weight excluding hydrogens is 484 g/mol. The third kappa shape index (κ3) is 5.28. The number of carbonyl (C=O) groups is 2. The predicted molar refractivity (Wildman–Crippen MR) is 136 cm³/mol. The van der Waals surface area contributed by atoms with Crippen molar-refractivity contribution in [1.82, 2.24) is 5.32 Å². The molecule has 1 aliphatic carbocycles. The van der Waals surface area contributed by atoms with Crippen LogP contribution in [0.15, 0.2) is 59.2 Å². The highest BCUT2D eigenvalue weighted by Gasteiger charge is 2.37. The lowest BCUT2D eigenvalue weighted by atomic mass is 10.0. The summed E-state index contributed by atoms with van der Waals surface area (Å²) in [6.45, 7) is 0. The van der Waals surface area contributed by atoms with E-state index in [1.807, 2.05) is 0 Å². The van der Waals surface area contributed by atoms with Gasteiger partial charge in [0.1, 0.15) is 6.04 Å². The molecule has 1 N–H and O–H groups in total. The average Bonchev–Trinajstić information content (AvgIpc) is 3.60. The Bertz CT molecular complexity index is 1180. The van der Waals surface area contributed by atoms with Gasteiger partial charge in [-0.3, -0.25) is 14.5 Å². The van der Waals surface area contributed by atoms with Crippen molar-refractivity contribution < 1.29 is 28.2 Å². The van der Waals surface area contributed by atoms with E-state index in [9.17, 15) is 9.59 Å². The van der Waals surface area contributed by atoms with Crippen molar-refractivity contribution in [2.24, 2.45) is 0 Å². The van der Waals surface area contributed by atoms with Gasteiger partial charge in [-0.15, -0.1) is 0 Å². The summed E-state index contributed by atoms with van der Waals surface area (Å²) in [6, 6.07) is 12.3. The van der Waals surface area contributed by atoms with Crippen LogP contribution in [0.4, 0.5) is 5.69 Å². The maximum Gasteiger partial charge on any atom is 0.294 e. The molecule has 0 saturated heterocycles. The zero-order valence-electron chi connectivity index (χ0n) is 20.5. The molecule has 36 heavy (non-hydrogen) atoms. The Morgan fingerprint density at radius 2 is 1.69 bits per heavy atom. The van der Waals surface area contributed by atoms with E-state index in [2.05, 4.69) is 5.32 Å². The first-order valence-electron chi connectivity index (χ1n) is 11.7. The number of benzene rings is 2. The molecule has 1 atom stereocenters. The van der Waals surface area contributed by atoms with Crippen LogP contribution in [0.1, 0.15) is 47.8 Å². The molecule has 1 heterocycles. The number of methoxy groups -OCH3 is 3. The molecule has 0 aliphatic heterocycles. The number of halogens is 1. The second-order valence-electron chi connectivity index (χ2n) is 8.48. The number of amides is 2. The largest absolute Gasteiger partial charge is 0.493 e. The van der Waals surface area contributed by atoms with E-state index in [0.29, 0.717) is 33.5 Å². The van der Waals surface area contributed by atoms with E-state index >= 15 is 0 Å². The van der Waals surface area contributed by atoms with Gasteiger partial charge in [-0.1, -0.05) is 30.5 Å². The molecule has 1 saturated carbocycles. The molecule has 9 heteroatoms. The lowest BCUT2D eigenvalue weighted by Gasteiger charge is -2.32. The van der Waals surface area contributed by atoms with E-state index in [-0.39, 0.29) is 17.7 Å². The highest BCUT2D eigenvalue weighted by atomic mass is 35.5. The molecule has 1 fully saturated rings. The van der Waals surface area contributed by atoms with E-state index < -0.39 is 11.9 Å². The molecule has 0 spiro atoms. The molecule has 190 valence electrons. The number of furan rings is 1. The summed E-state index contributed by atoms with van der Waals surface area (Å²) in [5.41, 5.74) is 0.907. The number of ether oxygens (including phenoxy) is 3. The van der Waals surface area contributed by atoms with Crippen molar-refractivity contribution in [3.8, 4) is 17.2 Å². The van der Waals surface area contributed by atoms with Crippen LogP contribution >= 0.6 is 11.6 Å². The van der Waals surface area contributed by atoms with Gasteiger partial charge in [-0.05, 0) is 60.9 Å². The first-order valence-corrected chi connectivity index (χ1v) is 12.1. The number of nitrogens with zero attached hydrogens (tertiary/aromatic N) is 1. The summed E-state index contributed by atoms with van der Waals surface area (Å²) in [7, 11) is 4.50. The summed E-state index contributed by atoms with van der Waals surface area (Å²) in [6.07, 6.45) is 5.27. The topological polar surface area (TPSA) is 90.2 Å². The molecular formula is C27H29ClN2O6. The molecule has 0 radical (unpaired) electrons. The van der Waals surface area contributed by atoms with E-state index in [4.69, 9.17) is 30.2 Å². The molecule has 1 aromatic heterocycles. The van der Waals surface area contributed by atoms with Crippen LogP contribution in [0.2, 0.25) is 5.02 Å². The van der Waals surface area contributed by atoms with Crippen LogP contribution in [0.3, 0.4) is 0 Å². The predicted octanol–water partition coefficient (Wildman–Crippen LogP) is 5.41. The van der Waals surface area contributed by atoms with E-state index in [0.717, 1.165) is 25.7 Å². The molecule has 1 aliphatic rings. The van der Waals surface area contributed by atoms with Crippen LogP contribution < -0.4 is 24.4 Å². The van der Waals surface area contributed by atoms with E-state index in [1.54, 1.807) is 48.5 Å². The van der Waals surface area contributed by atoms with Gasteiger partial charge >= 0.3 is 0 Å². The first-order chi connectivity index (χ1) is 17.5. The summed E-state index contributed by atoms with van der Waals surface area (Å²) >= 11 is 6.30. The highest BCUT2D eigenvalue weighted by Crippen LogP contribution is 2.42. The minimum Gasteiger partial charge on any atom is -0.493 e. The third-order valence-electron chi connectivity index (χ3n) is 6.25. The number of anilines is 1. The Morgan fingerprint density at radius 3 is 2.25 bits per heavy atom. The summed E-state index contributed by atoms with van der Waals surface area (Å²) in [4.78, 5) is 29.2. The van der Waals surface area contributed by atoms with Crippen molar-refractivity contribution in [1.29, 1.82) is 0 Å². The molecule has 4 rings (SSSR count). The summed E-state index contributed by atoms with van der Waals surface area (Å²) < 4.78 is 22.0. The molecule has 2 aromatic carbocycles. The second kappa shape index (κ2) is 11.4. The monoisotopic (exact) mass is 512 g/mol. The molecule has 2 amide bonds. The highest BCUT2D eigenvalue weighted by molar-refractivity contribution is 6.31. The van der Waals surface area contributed by atoms with Gasteiger partial charge < -0.3 is 23.9 Å². The number of rotatable bonds is 9. The Morgan fingerprint density at radius 1 is 1.00 bits per heavy atom. The number of hydrogen-bond donors (Lipinski definition) is 1. The maximum absolute atomic E-state index is 13.9. The van der Waals surface area contributed by atoms with Crippen molar-refractivity contribution >= 4 is 29.1 Å². The SMILES string of the molecule is COc1cc([C@H](C(=O)NC2CCCC2)N(C(=O)c2ccco2)c2cccc(Cl)c2)cc(OC)c1OC. The standard InChI is InChI=1S/C27H29ClN2O6/c1-33-22-14-17(15-23(34-2)25(22)35-3)24(26(31)29-19-9-4-5-10-19)30(20-11-6-8-18(28)16-20)27(32)21-12-7-13-36-21/h6-8,11-16,19,24H,4-5,9-10H2,1-3H3,(H,29,31)/t24-/m1/s1. The summed E-state index contributed by atoms with van der Waals surface area (Å²) in [5.74, 6) is 0.356. The normalized spacial score (nSPS) is 14.2. The minimum atomic E-state index is -1.09. The van der Waals surface area contributed by atoms with Crippen LogP contribution in [0.5, 0.6) is 17.2 Å². The van der Waals surface area contributed by atoms with Crippen molar-refractivity contribution in [3.05, 3.63) is 71.1 Å². The quantitative estimate of drug-likeness (QED) is 0.412. The van der Waals surface area contributed by atoms with Crippen molar-refractivity contribution in [3.63, 3.8) is 0 Å². The van der Waals surface area contributed by atoms with Gasteiger partial charge in [-0.2, -0.15) is 0 Å². The molecule has 3 aromatic rings. The smallest absolute Gasteiger partial charge is 0.294 e. The fraction of sp³-hybridized carbons (Fsp3) is 0.333. The van der Waals surface area contributed by atoms with Gasteiger partial charge in [0.2, 0.25) is 11.7 Å². The van der Waals surface area contributed by atoms with Crippen molar-refractivity contribution in [2.75, 3.05) is 26.2 Å².